The van der Waals surface area contributed by atoms with Crippen molar-refractivity contribution >= 4 is 23.1 Å². The molecule has 4 aromatic rings. The molecule has 0 unspecified atom stereocenters. The van der Waals surface area contributed by atoms with E-state index in [2.05, 4.69) is 20.1 Å². The van der Waals surface area contributed by atoms with Gasteiger partial charge in [0.25, 0.3) is 5.89 Å². The van der Waals surface area contributed by atoms with E-state index in [1.54, 1.807) is 29.7 Å². The fraction of sp³-hybridized carbons (Fsp3) is 0.0625. The summed E-state index contributed by atoms with van der Waals surface area (Å²) in [6, 6.07) is 10.2. The fourth-order valence-electron chi connectivity index (χ4n) is 2.10. The molecule has 5 nitrogen and oxygen atoms in total. The van der Waals surface area contributed by atoms with Gasteiger partial charge in [-0.25, -0.2) is 9.37 Å². The lowest BCUT2D eigenvalue weighted by Crippen LogP contribution is -1.85. The molecule has 3 heterocycles. The summed E-state index contributed by atoms with van der Waals surface area (Å²) in [7, 11) is 0. The van der Waals surface area contributed by atoms with Crippen LogP contribution in [0.4, 0.5) is 4.39 Å². The molecule has 1 N–H and O–H groups in total. The third-order valence-corrected chi connectivity index (χ3v) is 4.99. The summed E-state index contributed by atoms with van der Waals surface area (Å²) in [5.74, 6) is 1.44. The third-order valence-electron chi connectivity index (χ3n) is 3.25. The average Bonchev–Trinajstić information content (AvgIpc) is 3.34. The van der Waals surface area contributed by atoms with Crippen LogP contribution in [0, 0.1) is 5.82 Å². The van der Waals surface area contributed by atoms with Crippen LogP contribution in [0.25, 0.3) is 22.0 Å². The summed E-state index contributed by atoms with van der Waals surface area (Å²) in [4.78, 5) is 12.8. The number of rotatable bonds is 5. The number of nitrogens with one attached hydrogen (secondary N) is 1. The molecule has 0 aliphatic rings. The molecule has 0 aliphatic heterocycles. The van der Waals surface area contributed by atoms with Gasteiger partial charge in [0.15, 0.2) is 11.0 Å². The van der Waals surface area contributed by atoms with Crippen LogP contribution in [0.1, 0.15) is 5.82 Å². The van der Waals surface area contributed by atoms with E-state index in [0.717, 1.165) is 21.3 Å². The molecule has 1 aromatic carbocycles. The maximum absolute atomic E-state index is 13.0. The summed E-state index contributed by atoms with van der Waals surface area (Å²) in [6.45, 7) is 0. The number of nitrogens with zero attached hydrogens (tertiary/aromatic N) is 3. The van der Waals surface area contributed by atoms with Gasteiger partial charge in [0.1, 0.15) is 5.82 Å². The van der Waals surface area contributed by atoms with Gasteiger partial charge in [0.2, 0.25) is 0 Å². The van der Waals surface area contributed by atoms with E-state index >= 15 is 0 Å². The Hall–Kier alpha value is -2.45. The molecule has 0 bridgehead atoms. The molecule has 24 heavy (non-hydrogen) atoms. The lowest BCUT2D eigenvalue weighted by molar-refractivity contribution is 0.426. The van der Waals surface area contributed by atoms with E-state index in [0.29, 0.717) is 17.5 Å². The first-order valence-electron chi connectivity index (χ1n) is 7.08. The molecule has 0 amide bonds. The van der Waals surface area contributed by atoms with E-state index in [1.807, 2.05) is 17.5 Å². The topological polar surface area (TPSA) is 67.6 Å². The van der Waals surface area contributed by atoms with Crippen molar-refractivity contribution in [2.24, 2.45) is 0 Å². The quantitative estimate of drug-likeness (QED) is 0.527. The van der Waals surface area contributed by atoms with Crippen LogP contribution in [-0.4, -0.2) is 20.1 Å². The number of aromatic nitrogens is 4. The van der Waals surface area contributed by atoms with Crippen molar-refractivity contribution in [3.63, 3.8) is 0 Å². The van der Waals surface area contributed by atoms with Gasteiger partial charge in [-0.1, -0.05) is 23.0 Å². The van der Waals surface area contributed by atoms with Gasteiger partial charge < -0.3 is 9.51 Å². The Morgan fingerprint density at radius 2 is 2.08 bits per heavy atom. The maximum Gasteiger partial charge on any atom is 0.268 e. The van der Waals surface area contributed by atoms with Crippen molar-refractivity contribution in [3.8, 4) is 22.0 Å². The minimum atomic E-state index is -0.258. The minimum Gasteiger partial charge on any atom is -0.333 e. The molecule has 0 saturated heterocycles. The number of H-pyrrole nitrogens is 1. The van der Waals surface area contributed by atoms with Gasteiger partial charge in [-0.15, -0.1) is 11.3 Å². The van der Waals surface area contributed by atoms with Crippen molar-refractivity contribution in [2.45, 2.75) is 10.9 Å². The molecule has 0 spiro atoms. The molecule has 4 rings (SSSR count). The molecule has 3 aromatic heterocycles. The monoisotopic (exact) mass is 358 g/mol. The highest BCUT2D eigenvalue weighted by molar-refractivity contribution is 7.98. The molecule has 0 radical (unpaired) electrons. The number of thioether (sulfide) groups is 1. The summed E-state index contributed by atoms with van der Waals surface area (Å²) in [5.41, 5.74) is 1.72. The van der Waals surface area contributed by atoms with E-state index in [1.165, 1.54) is 23.9 Å². The van der Waals surface area contributed by atoms with Crippen LogP contribution in [0.3, 0.4) is 0 Å². The average molecular weight is 358 g/mol. The van der Waals surface area contributed by atoms with Crippen LogP contribution in [0.5, 0.6) is 0 Å². The second kappa shape index (κ2) is 6.58. The van der Waals surface area contributed by atoms with Crippen molar-refractivity contribution in [3.05, 3.63) is 59.6 Å². The number of hydrogen-bond donors (Lipinski definition) is 1. The highest BCUT2D eigenvalue weighted by atomic mass is 32.2. The standard InChI is InChI=1S/C16H11FN4OS2/c17-11-5-3-10(4-6-11)12-8-18-16(19-12)24-9-14-20-15(22-21-14)13-2-1-7-23-13/h1-8H,9H2,(H,18,19). The summed E-state index contributed by atoms with van der Waals surface area (Å²) < 4.78 is 18.2. The summed E-state index contributed by atoms with van der Waals surface area (Å²) >= 11 is 3.04. The number of hydrogen-bond acceptors (Lipinski definition) is 6. The first-order valence-corrected chi connectivity index (χ1v) is 8.95. The predicted molar refractivity (Wildman–Crippen MR) is 91.2 cm³/mol. The van der Waals surface area contributed by atoms with E-state index < -0.39 is 0 Å². The lowest BCUT2D eigenvalue weighted by atomic mass is 10.2. The fourth-order valence-corrected chi connectivity index (χ4v) is 3.44. The first-order chi connectivity index (χ1) is 11.8. The molecule has 0 atom stereocenters. The Kier molecular flexibility index (Phi) is 4.14. The highest BCUT2D eigenvalue weighted by Gasteiger charge is 2.11. The van der Waals surface area contributed by atoms with Crippen molar-refractivity contribution in [2.75, 3.05) is 0 Å². The zero-order valence-corrected chi connectivity index (χ0v) is 13.9. The molecular weight excluding hydrogens is 347 g/mol. The summed E-state index contributed by atoms with van der Waals surface area (Å²) in [5, 5.41) is 6.69. The highest BCUT2D eigenvalue weighted by Crippen LogP contribution is 2.26. The number of halogens is 1. The Labute approximate surface area is 145 Å². The lowest BCUT2D eigenvalue weighted by Gasteiger charge is -1.96. The van der Waals surface area contributed by atoms with Crippen molar-refractivity contribution in [1.82, 2.24) is 20.1 Å². The van der Waals surface area contributed by atoms with Gasteiger partial charge in [-0.3, -0.25) is 0 Å². The zero-order valence-electron chi connectivity index (χ0n) is 12.3. The van der Waals surface area contributed by atoms with Gasteiger partial charge in [0.05, 0.1) is 22.5 Å². The molecule has 8 heteroatoms. The smallest absolute Gasteiger partial charge is 0.268 e. The van der Waals surface area contributed by atoms with E-state index in [-0.39, 0.29) is 5.82 Å². The predicted octanol–water partition coefficient (Wildman–Crippen LogP) is 4.62. The van der Waals surface area contributed by atoms with Crippen molar-refractivity contribution in [1.29, 1.82) is 0 Å². The Morgan fingerprint density at radius 3 is 2.88 bits per heavy atom. The molecular formula is C16H11FN4OS2. The third kappa shape index (κ3) is 3.24. The van der Waals surface area contributed by atoms with Crippen LogP contribution >= 0.6 is 23.1 Å². The molecule has 0 saturated carbocycles. The van der Waals surface area contributed by atoms with Crippen LogP contribution in [0.2, 0.25) is 0 Å². The summed E-state index contributed by atoms with van der Waals surface area (Å²) in [6.07, 6.45) is 1.73. The number of aromatic amines is 1. The van der Waals surface area contributed by atoms with Crippen LogP contribution in [-0.2, 0) is 5.75 Å². The second-order valence-corrected chi connectivity index (χ2v) is 6.80. The van der Waals surface area contributed by atoms with Gasteiger partial charge in [-0.05, 0) is 41.3 Å². The van der Waals surface area contributed by atoms with Gasteiger partial charge in [-0.2, -0.15) is 4.98 Å². The largest absolute Gasteiger partial charge is 0.333 e. The number of imidazole rings is 1. The van der Waals surface area contributed by atoms with Crippen LogP contribution in [0.15, 0.2) is 57.7 Å². The Morgan fingerprint density at radius 1 is 1.21 bits per heavy atom. The zero-order chi connectivity index (χ0) is 16.4. The van der Waals surface area contributed by atoms with E-state index in [4.69, 9.17) is 4.52 Å². The van der Waals surface area contributed by atoms with Gasteiger partial charge >= 0.3 is 0 Å². The maximum atomic E-state index is 13.0. The molecule has 0 fully saturated rings. The van der Waals surface area contributed by atoms with Crippen LogP contribution < -0.4 is 0 Å². The Balaban J connectivity index is 1.42. The van der Waals surface area contributed by atoms with Gasteiger partial charge in [0, 0.05) is 0 Å². The van der Waals surface area contributed by atoms with E-state index in [9.17, 15) is 4.39 Å². The molecule has 120 valence electrons. The van der Waals surface area contributed by atoms with Crippen molar-refractivity contribution < 1.29 is 8.91 Å². The Bertz CT molecular complexity index is 931. The second-order valence-electron chi connectivity index (χ2n) is 4.89. The SMILES string of the molecule is Fc1ccc(-c2cnc(SCc3noc(-c4cccs4)n3)[nH]2)cc1. The minimum absolute atomic E-state index is 0.258. The molecule has 0 aliphatic carbocycles. The normalized spacial score (nSPS) is 11.0. The number of thiophene rings is 1. The number of benzene rings is 1. The first kappa shape index (κ1) is 15.1.